The summed E-state index contributed by atoms with van der Waals surface area (Å²) in [5.41, 5.74) is 0. The second-order valence-electron chi connectivity index (χ2n) is 10.3. The molecule has 0 aliphatic rings. The van der Waals surface area contributed by atoms with Crippen molar-refractivity contribution in [2.75, 3.05) is 0 Å². The molecule has 0 amide bonds. The standard InChI is InChI=1S/C32H63P/c1-3-5-7-9-11-13-15-17-19-21-23-25-27-29-31-33-32-30-28-26-24-22-20-18-16-14-12-10-8-6-4-2/h29-33H,3-28H2,1-2H3. The first kappa shape index (κ1) is 32.9. The van der Waals surface area contributed by atoms with Gasteiger partial charge >= 0.3 is 0 Å². The smallest absolute Gasteiger partial charge is 0.0347 e. The van der Waals surface area contributed by atoms with E-state index in [1.807, 2.05) is 0 Å². The lowest BCUT2D eigenvalue weighted by molar-refractivity contribution is 0.545. The normalized spacial score (nSPS) is 12.3. The van der Waals surface area contributed by atoms with E-state index in [0.717, 1.165) is 8.58 Å². The highest BCUT2D eigenvalue weighted by Crippen LogP contribution is 2.17. The van der Waals surface area contributed by atoms with Crippen LogP contribution in [0.25, 0.3) is 0 Å². The average Bonchev–Trinajstić information content (AvgIpc) is 2.83. The zero-order valence-electron chi connectivity index (χ0n) is 23.2. The van der Waals surface area contributed by atoms with Crippen LogP contribution >= 0.6 is 8.58 Å². The lowest BCUT2D eigenvalue weighted by atomic mass is 10.0. The monoisotopic (exact) mass is 478 g/mol. The number of unbranched alkanes of at least 4 members (excludes halogenated alkanes) is 24. The highest BCUT2D eigenvalue weighted by molar-refractivity contribution is 7.45. The topological polar surface area (TPSA) is 0 Å². The summed E-state index contributed by atoms with van der Waals surface area (Å²) in [4.78, 5) is 0. The van der Waals surface area contributed by atoms with Crippen LogP contribution in [0.5, 0.6) is 0 Å². The third-order valence-electron chi connectivity index (χ3n) is 6.88. The van der Waals surface area contributed by atoms with E-state index in [1.54, 1.807) is 0 Å². The van der Waals surface area contributed by atoms with Crippen molar-refractivity contribution >= 4 is 8.58 Å². The fraction of sp³-hybridized carbons (Fsp3) is 0.875. The molecule has 0 saturated carbocycles. The molecule has 0 aliphatic carbocycles. The summed E-state index contributed by atoms with van der Waals surface area (Å²) in [7, 11) is 0.894. The molecule has 0 aromatic heterocycles. The predicted molar refractivity (Wildman–Crippen MR) is 158 cm³/mol. The summed E-state index contributed by atoms with van der Waals surface area (Å²) in [6, 6.07) is 0. The molecule has 0 aromatic rings. The Hall–Kier alpha value is -0.0900. The molecule has 0 aliphatic heterocycles. The van der Waals surface area contributed by atoms with Crippen LogP contribution < -0.4 is 0 Å². The van der Waals surface area contributed by atoms with Crippen LogP contribution in [0.4, 0.5) is 0 Å². The summed E-state index contributed by atoms with van der Waals surface area (Å²) >= 11 is 0. The molecule has 0 spiro atoms. The van der Waals surface area contributed by atoms with E-state index in [-0.39, 0.29) is 0 Å². The first-order valence-corrected chi connectivity index (χ1v) is 16.6. The van der Waals surface area contributed by atoms with E-state index in [0.29, 0.717) is 0 Å². The molecule has 0 atom stereocenters. The van der Waals surface area contributed by atoms with Gasteiger partial charge in [0, 0.05) is 0 Å². The molecule has 0 aromatic carbocycles. The van der Waals surface area contributed by atoms with Gasteiger partial charge in [0.1, 0.15) is 0 Å². The second kappa shape index (κ2) is 31.9. The Bertz CT molecular complexity index is 348. The minimum Gasteiger partial charge on any atom is -0.0840 e. The molecule has 0 unspecified atom stereocenters. The van der Waals surface area contributed by atoms with Gasteiger partial charge in [0.25, 0.3) is 0 Å². The molecule has 0 N–H and O–H groups in total. The molecule has 0 nitrogen and oxygen atoms in total. The van der Waals surface area contributed by atoms with E-state index in [2.05, 4.69) is 37.6 Å². The van der Waals surface area contributed by atoms with Crippen molar-refractivity contribution < 1.29 is 0 Å². The van der Waals surface area contributed by atoms with Crippen molar-refractivity contribution in [1.82, 2.24) is 0 Å². The lowest BCUT2D eigenvalue weighted by Crippen LogP contribution is -1.82. The highest BCUT2D eigenvalue weighted by atomic mass is 31.1. The Morgan fingerprint density at radius 2 is 0.576 bits per heavy atom. The summed E-state index contributed by atoms with van der Waals surface area (Å²) in [5, 5.41) is 0. The third-order valence-corrected chi connectivity index (χ3v) is 7.73. The maximum atomic E-state index is 2.42. The Kier molecular flexibility index (Phi) is 31.8. The van der Waals surface area contributed by atoms with E-state index in [4.69, 9.17) is 0 Å². The van der Waals surface area contributed by atoms with E-state index in [1.165, 1.54) is 167 Å². The molecular formula is C32H63P. The first-order chi connectivity index (χ1) is 16.4. The number of rotatable bonds is 28. The van der Waals surface area contributed by atoms with Crippen LogP contribution in [0, 0.1) is 0 Å². The van der Waals surface area contributed by atoms with Gasteiger partial charge in [0.15, 0.2) is 0 Å². The largest absolute Gasteiger partial charge is 0.0840 e. The van der Waals surface area contributed by atoms with Gasteiger partial charge in [-0.15, -0.1) is 0 Å². The summed E-state index contributed by atoms with van der Waals surface area (Å²) in [5.74, 6) is 4.80. The van der Waals surface area contributed by atoms with Crippen LogP contribution in [0.1, 0.15) is 181 Å². The first-order valence-electron chi connectivity index (χ1n) is 15.5. The van der Waals surface area contributed by atoms with Crippen LogP contribution in [-0.2, 0) is 0 Å². The summed E-state index contributed by atoms with van der Waals surface area (Å²) in [6.45, 7) is 4.60. The van der Waals surface area contributed by atoms with E-state index < -0.39 is 0 Å². The van der Waals surface area contributed by atoms with Crippen molar-refractivity contribution in [2.45, 2.75) is 181 Å². The molecule has 0 bridgehead atoms. The van der Waals surface area contributed by atoms with Crippen molar-refractivity contribution in [3.63, 3.8) is 0 Å². The Morgan fingerprint density at radius 1 is 0.333 bits per heavy atom. The minimum atomic E-state index is 0.894. The molecule has 33 heavy (non-hydrogen) atoms. The molecule has 0 radical (unpaired) electrons. The summed E-state index contributed by atoms with van der Waals surface area (Å²) < 4.78 is 0. The maximum absolute atomic E-state index is 2.42. The van der Waals surface area contributed by atoms with Gasteiger partial charge in [-0.1, -0.05) is 187 Å². The number of allylic oxidation sites excluding steroid dienone is 2. The Morgan fingerprint density at radius 3 is 0.848 bits per heavy atom. The molecule has 0 rings (SSSR count). The van der Waals surface area contributed by atoms with Crippen LogP contribution in [0.3, 0.4) is 0 Å². The SMILES string of the molecule is CCCCCCCCCCCCCCC=CPC=CCCCCCCCCCCCCCC. The molecule has 196 valence electrons. The fourth-order valence-electron chi connectivity index (χ4n) is 4.56. The van der Waals surface area contributed by atoms with Crippen molar-refractivity contribution in [2.24, 2.45) is 0 Å². The van der Waals surface area contributed by atoms with Crippen molar-refractivity contribution in [3.05, 3.63) is 23.8 Å². The molecular weight excluding hydrogens is 415 g/mol. The second-order valence-corrected chi connectivity index (χ2v) is 11.3. The van der Waals surface area contributed by atoms with Crippen molar-refractivity contribution in [1.29, 1.82) is 0 Å². The van der Waals surface area contributed by atoms with Gasteiger partial charge in [0.2, 0.25) is 0 Å². The van der Waals surface area contributed by atoms with Gasteiger partial charge in [-0.25, -0.2) is 0 Å². The number of hydrogen-bond donors (Lipinski definition) is 0. The zero-order valence-corrected chi connectivity index (χ0v) is 24.2. The van der Waals surface area contributed by atoms with E-state index >= 15 is 0 Å². The minimum absolute atomic E-state index is 0.894. The van der Waals surface area contributed by atoms with Crippen LogP contribution in [0.15, 0.2) is 23.8 Å². The fourth-order valence-corrected chi connectivity index (χ4v) is 5.28. The van der Waals surface area contributed by atoms with Gasteiger partial charge in [-0.05, 0) is 25.7 Å². The Labute approximate surface area is 213 Å². The quantitative estimate of drug-likeness (QED) is 0.0774. The zero-order chi connectivity index (χ0) is 23.9. The van der Waals surface area contributed by atoms with Crippen LogP contribution in [0.2, 0.25) is 0 Å². The highest BCUT2D eigenvalue weighted by Gasteiger charge is 1.94. The van der Waals surface area contributed by atoms with Crippen LogP contribution in [-0.4, -0.2) is 0 Å². The lowest BCUT2D eigenvalue weighted by Gasteiger charge is -2.02. The molecule has 0 heterocycles. The average molecular weight is 479 g/mol. The van der Waals surface area contributed by atoms with Gasteiger partial charge in [-0.3, -0.25) is 0 Å². The summed E-state index contributed by atoms with van der Waals surface area (Å²) in [6.07, 6.45) is 42.1. The van der Waals surface area contributed by atoms with Gasteiger partial charge in [0.05, 0.1) is 0 Å². The van der Waals surface area contributed by atoms with E-state index in [9.17, 15) is 0 Å². The third kappa shape index (κ3) is 31.9. The van der Waals surface area contributed by atoms with Crippen molar-refractivity contribution in [3.8, 4) is 0 Å². The maximum Gasteiger partial charge on any atom is -0.0347 e. The van der Waals surface area contributed by atoms with Gasteiger partial charge in [-0.2, -0.15) is 0 Å². The number of hydrogen-bond acceptors (Lipinski definition) is 0. The predicted octanol–water partition coefficient (Wildman–Crippen LogP) is 12.9. The van der Waals surface area contributed by atoms with Gasteiger partial charge < -0.3 is 0 Å². The molecule has 1 heteroatoms. The molecule has 0 fully saturated rings. The Balaban J connectivity index is 3.14. The molecule has 0 saturated heterocycles.